The second kappa shape index (κ2) is 4.47. The first-order chi connectivity index (χ1) is 7.63. The minimum atomic E-state index is -1.52. The van der Waals surface area contributed by atoms with Crippen LogP contribution in [0.15, 0.2) is 30.3 Å². The highest BCUT2D eigenvalue weighted by Gasteiger charge is 2.12. The fourth-order valence-electron chi connectivity index (χ4n) is 1.49. The van der Waals surface area contributed by atoms with Crippen LogP contribution < -0.4 is 0 Å². The summed E-state index contributed by atoms with van der Waals surface area (Å²) in [5.74, 6) is -1.06. The summed E-state index contributed by atoms with van der Waals surface area (Å²) in [6.45, 7) is 0. The van der Waals surface area contributed by atoms with Gasteiger partial charge in [0, 0.05) is 10.4 Å². The van der Waals surface area contributed by atoms with E-state index in [0.717, 1.165) is 10.8 Å². The Labute approximate surface area is 107 Å². The lowest BCUT2D eigenvalue weighted by atomic mass is 10.1. The Morgan fingerprint density at radius 1 is 1.31 bits per heavy atom. The van der Waals surface area contributed by atoms with Crippen molar-refractivity contribution in [3.05, 3.63) is 44.5 Å². The molecule has 3 nitrogen and oxygen atoms in total. The summed E-state index contributed by atoms with van der Waals surface area (Å²) in [6, 6.07) is 8.36. The van der Waals surface area contributed by atoms with Crippen molar-refractivity contribution in [2.24, 2.45) is 0 Å². The molecular formula is C11H6ClIO3. The quantitative estimate of drug-likeness (QED) is 0.842. The summed E-state index contributed by atoms with van der Waals surface area (Å²) in [5.41, 5.74) is 0.0950. The van der Waals surface area contributed by atoms with Crippen molar-refractivity contribution in [1.29, 1.82) is 0 Å². The molecule has 1 N–H and O–H groups in total. The lowest BCUT2D eigenvalue weighted by Gasteiger charge is -2.04. The number of aromatic carboxylic acids is 1. The predicted octanol–water partition coefficient (Wildman–Crippen LogP) is 3.68. The maximum absolute atomic E-state index is 11.0. The average Bonchev–Trinajstić information content (AvgIpc) is 2.28. The van der Waals surface area contributed by atoms with Gasteiger partial charge in [0.1, 0.15) is 0 Å². The van der Waals surface area contributed by atoms with Crippen LogP contribution in [0, 0.1) is 3.57 Å². The number of rotatable bonds is 2. The second-order valence-corrected chi connectivity index (χ2v) is 5.19. The fourth-order valence-corrected chi connectivity index (χ4v) is 2.79. The van der Waals surface area contributed by atoms with E-state index in [0.29, 0.717) is 8.59 Å². The van der Waals surface area contributed by atoms with E-state index in [-0.39, 0.29) is 5.56 Å². The van der Waals surface area contributed by atoms with E-state index in [1.807, 2.05) is 0 Å². The maximum Gasteiger partial charge on any atom is 0.336 e. The van der Waals surface area contributed by atoms with E-state index < -0.39 is 27.2 Å². The van der Waals surface area contributed by atoms with Gasteiger partial charge in [0.2, 0.25) is 0 Å². The standard InChI is InChI=1S/C11H6ClIO3/c12-9-3-1-2-6-4-8(11(14)15)10(13-16)5-7(6)9/h1-5H,(H,14,15). The zero-order valence-corrected chi connectivity index (χ0v) is 10.8. The van der Waals surface area contributed by atoms with E-state index >= 15 is 0 Å². The van der Waals surface area contributed by atoms with Crippen LogP contribution in [0.2, 0.25) is 5.02 Å². The molecule has 0 radical (unpaired) electrons. The summed E-state index contributed by atoms with van der Waals surface area (Å²) < 4.78 is 11.4. The summed E-state index contributed by atoms with van der Waals surface area (Å²) in [4.78, 5) is 11.0. The zero-order valence-electron chi connectivity index (χ0n) is 7.91. The van der Waals surface area contributed by atoms with Crippen LogP contribution in [0.5, 0.6) is 0 Å². The summed E-state index contributed by atoms with van der Waals surface area (Å²) in [7, 11) is 0. The third-order valence-corrected chi connectivity index (χ3v) is 3.92. The van der Waals surface area contributed by atoms with Gasteiger partial charge in [-0.3, -0.25) is 3.07 Å². The van der Waals surface area contributed by atoms with Crippen LogP contribution in [-0.4, -0.2) is 11.1 Å². The van der Waals surface area contributed by atoms with Gasteiger partial charge in [-0.2, -0.15) is 0 Å². The lowest BCUT2D eigenvalue weighted by molar-refractivity contribution is 0.0696. The largest absolute Gasteiger partial charge is 0.478 e. The molecule has 0 aliphatic rings. The first-order valence-corrected chi connectivity index (χ1v) is 6.70. The van der Waals surface area contributed by atoms with Gasteiger partial charge in [-0.1, -0.05) is 23.7 Å². The maximum atomic E-state index is 11.0. The highest BCUT2D eigenvalue weighted by molar-refractivity contribution is 14.1. The third kappa shape index (κ3) is 1.94. The van der Waals surface area contributed by atoms with Crippen LogP contribution in [-0.2, 0) is 3.07 Å². The van der Waals surface area contributed by atoms with Gasteiger partial charge >= 0.3 is 5.97 Å². The molecule has 0 amide bonds. The summed E-state index contributed by atoms with van der Waals surface area (Å²) in [5, 5.41) is 11.0. The van der Waals surface area contributed by atoms with Crippen molar-refractivity contribution < 1.29 is 13.0 Å². The van der Waals surface area contributed by atoms with Gasteiger partial charge in [-0.05, 0) is 23.6 Å². The van der Waals surface area contributed by atoms with Crippen molar-refractivity contribution >= 4 is 49.5 Å². The number of fused-ring (bicyclic) bond motifs is 1. The topological polar surface area (TPSA) is 54.4 Å². The Hall–Kier alpha value is -1.01. The van der Waals surface area contributed by atoms with Gasteiger partial charge in [-0.15, -0.1) is 0 Å². The Morgan fingerprint density at radius 2 is 2.06 bits per heavy atom. The molecule has 0 aliphatic carbocycles. The van der Waals surface area contributed by atoms with Crippen LogP contribution in [0.25, 0.3) is 10.8 Å². The number of carboxylic acid groups (broad SMARTS) is 1. The van der Waals surface area contributed by atoms with Crippen LogP contribution in [0.4, 0.5) is 0 Å². The van der Waals surface area contributed by atoms with Crippen LogP contribution in [0.1, 0.15) is 10.4 Å². The van der Waals surface area contributed by atoms with Crippen molar-refractivity contribution in [1.82, 2.24) is 0 Å². The van der Waals surface area contributed by atoms with Crippen molar-refractivity contribution in [3.8, 4) is 0 Å². The SMILES string of the molecule is O=Ic1cc2c(Cl)cccc2cc1C(=O)O. The van der Waals surface area contributed by atoms with Crippen LogP contribution in [0.3, 0.4) is 0 Å². The van der Waals surface area contributed by atoms with Gasteiger partial charge in [0.05, 0.1) is 9.13 Å². The van der Waals surface area contributed by atoms with Gasteiger partial charge in [0.15, 0.2) is 21.2 Å². The molecule has 0 saturated carbocycles. The van der Waals surface area contributed by atoms with E-state index in [9.17, 15) is 7.86 Å². The molecule has 0 aromatic heterocycles. The number of carboxylic acids is 1. The van der Waals surface area contributed by atoms with E-state index in [1.165, 1.54) is 6.07 Å². The second-order valence-electron chi connectivity index (χ2n) is 3.18. The van der Waals surface area contributed by atoms with Gasteiger partial charge in [0.25, 0.3) is 0 Å². The lowest BCUT2D eigenvalue weighted by Crippen LogP contribution is -1.99. The molecule has 0 fully saturated rings. The highest BCUT2D eigenvalue weighted by atomic mass is 127. The molecule has 0 spiro atoms. The zero-order chi connectivity index (χ0) is 11.7. The molecule has 2 aromatic carbocycles. The summed E-state index contributed by atoms with van der Waals surface area (Å²) >= 11 is 4.46. The third-order valence-electron chi connectivity index (χ3n) is 2.23. The minimum Gasteiger partial charge on any atom is -0.478 e. The first kappa shape index (κ1) is 11.5. The fraction of sp³-hybridized carbons (Fsp3) is 0. The van der Waals surface area contributed by atoms with Crippen molar-refractivity contribution in [2.45, 2.75) is 0 Å². The molecule has 0 heterocycles. The highest BCUT2D eigenvalue weighted by Crippen LogP contribution is 2.28. The van der Waals surface area contributed by atoms with E-state index in [2.05, 4.69) is 0 Å². The molecule has 16 heavy (non-hydrogen) atoms. The smallest absolute Gasteiger partial charge is 0.336 e. The van der Waals surface area contributed by atoms with Gasteiger partial charge < -0.3 is 5.11 Å². The first-order valence-electron chi connectivity index (χ1n) is 4.36. The molecule has 0 saturated heterocycles. The number of benzene rings is 2. The van der Waals surface area contributed by atoms with E-state index in [1.54, 1.807) is 24.3 Å². The number of carbonyl (C=O) groups is 1. The molecule has 2 rings (SSSR count). The Morgan fingerprint density at radius 3 is 2.69 bits per heavy atom. The summed E-state index contributed by atoms with van der Waals surface area (Å²) in [6.07, 6.45) is 0. The normalized spacial score (nSPS) is 10.6. The Bertz CT molecular complexity index is 595. The van der Waals surface area contributed by atoms with Crippen molar-refractivity contribution in [2.75, 3.05) is 0 Å². The van der Waals surface area contributed by atoms with Crippen molar-refractivity contribution in [3.63, 3.8) is 0 Å². The number of hydrogen-bond acceptors (Lipinski definition) is 2. The molecule has 82 valence electrons. The monoisotopic (exact) mass is 348 g/mol. The van der Waals surface area contributed by atoms with E-state index in [4.69, 9.17) is 16.7 Å². The average molecular weight is 349 g/mol. The Kier molecular flexibility index (Phi) is 3.20. The Balaban J connectivity index is 2.85. The van der Waals surface area contributed by atoms with Crippen LogP contribution >= 0.6 is 32.8 Å². The number of halogens is 2. The molecule has 0 bridgehead atoms. The molecule has 0 atom stereocenters. The minimum absolute atomic E-state index is 0.0950. The number of hydrogen-bond donors (Lipinski definition) is 1. The molecule has 0 unspecified atom stereocenters. The predicted molar refractivity (Wildman–Crippen MR) is 69.3 cm³/mol. The molecule has 0 aliphatic heterocycles. The molecule has 5 heteroatoms. The van der Waals surface area contributed by atoms with Gasteiger partial charge in [-0.25, -0.2) is 4.79 Å². The molecule has 2 aromatic rings. The molecular weight excluding hydrogens is 342 g/mol.